The van der Waals surface area contributed by atoms with E-state index in [2.05, 4.69) is 10.5 Å². The van der Waals surface area contributed by atoms with Crippen LogP contribution in [-0.4, -0.2) is 39.2 Å². The Balaban J connectivity index is 1.80. The second-order valence-corrected chi connectivity index (χ2v) is 9.69. The van der Waals surface area contributed by atoms with Gasteiger partial charge in [-0.1, -0.05) is 0 Å². The molecule has 3 aromatic carbocycles. The van der Waals surface area contributed by atoms with Crippen LogP contribution in [0.5, 0.6) is 17.2 Å². The number of nitro groups is 1. The van der Waals surface area contributed by atoms with Crippen LogP contribution in [0, 0.1) is 13.7 Å². The molecule has 13 heteroatoms. The predicted octanol–water partition coefficient (Wildman–Crippen LogP) is 4.14. The number of carbonyl (C=O) groups excluding carboxylic acids is 1. The van der Waals surface area contributed by atoms with Gasteiger partial charge in [-0.2, -0.15) is 13.5 Å². The lowest BCUT2D eigenvalue weighted by molar-refractivity contribution is -0.384. The highest BCUT2D eigenvalue weighted by Crippen LogP contribution is 2.36. The molecule has 3 rings (SSSR count). The number of halogens is 1. The lowest BCUT2D eigenvalue weighted by atomic mass is 10.2. The molecule has 11 nitrogen and oxygen atoms in total. The number of benzene rings is 3. The zero-order chi connectivity index (χ0) is 26.3. The van der Waals surface area contributed by atoms with E-state index < -0.39 is 20.9 Å². The molecule has 0 unspecified atom stereocenters. The maximum absolute atomic E-state index is 12.8. The molecule has 0 spiro atoms. The first-order valence-corrected chi connectivity index (χ1v) is 12.8. The smallest absolute Gasteiger partial charge is 0.339 e. The van der Waals surface area contributed by atoms with Crippen molar-refractivity contribution in [3.8, 4) is 17.2 Å². The number of ether oxygens (including phenoxy) is 2. The highest BCUT2D eigenvalue weighted by atomic mass is 127. The van der Waals surface area contributed by atoms with Gasteiger partial charge >= 0.3 is 10.1 Å². The van der Waals surface area contributed by atoms with Gasteiger partial charge in [-0.15, -0.1) is 0 Å². The Kier molecular flexibility index (Phi) is 8.82. The number of hydrazone groups is 1. The number of nitro benzene ring substituents is 1. The SMILES string of the molecule is CCOc1cc(/C=N\NC(=O)c2ccc(OC)cc2)cc(I)c1OS(=O)(=O)c1ccc([N+](=O)[O-])cc1. The molecule has 36 heavy (non-hydrogen) atoms. The molecule has 1 N–H and O–H groups in total. The molecule has 0 aliphatic rings. The number of non-ortho nitro benzene ring substituents is 1. The van der Waals surface area contributed by atoms with Crippen molar-refractivity contribution < 1.29 is 31.8 Å². The highest BCUT2D eigenvalue weighted by Gasteiger charge is 2.23. The average molecular weight is 625 g/mol. The van der Waals surface area contributed by atoms with Crippen LogP contribution >= 0.6 is 22.6 Å². The Labute approximate surface area is 220 Å². The molecule has 0 saturated heterocycles. The summed E-state index contributed by atoms with van der Waals surface area (Å²) in [5.41, 5.74) is 3.06. The fourth-order valence-corrected chi connectivity index (χ4v) is 4.71. The Morgan fingerprint density at radius 1 is 1.14 bits per heavy atom. The monoisotopic (exact) mass is 625 g/mol. The number of hydrogen-bond donors (Lipinski definition) is 1. The van der Waals surface area contributed by atoms with Crippen LogP contribution < -0.4 is 19.1 Å². The summed E-state index contributed by atoms with van der Waals surface area (Å²) < 4.78 is 41.9. The number of nitrogens with one attached hydrogen (secondary N) is 1. The van der Waals surface area contributed by atoms with Crippen LogP contribution in [0.3, 0.4) is 0 Å². The summed E-state index contributed by atoms with van der Waals surface area (Å²) in [6, 6.07) is 13.9. The van der Waals surface area contributed by atoms with Gasteiger partial charge in [-0.05, 0) is 83.6 Å². The number of carbonyl (C=O) groups is 1. The van der Waals surface area contributed by atoms with Crippen molar-refractivity contribution in [2.45, 2.75) is 11.8 Å². The van der Waals surface area contributed by atoms with Crippen LogP contribution in [0.15, 0.2) is 70.7 Å². The molecule has 0 radical (unpaired) electrons. The Morgan fingerprint density at radius 3 is 2.39 bits per heavy atom. The third-order valence-electron chi connectivity index (χ3n) is 4.59. The fourth-order valence-electron chi connectivity index (χ4n) is 2.87. The first-order chi connectivity index (χ1) is 17.1. The molecule has 3 aromatic rings. The van der Waals surface area contributed by atoms with Gasteiger partial charge in [-0.3, -0.25) is 14.9 Å². The number of nitrogens with zero attached hydrogens (tertiary/aromatic N) is 2. The summed E-state index contributed by atoms with van der Waals surface area (Å²) in [6.07, 6.45) is 1.38. The van der Waals surface area contributed by atoms with Crippen molar-refractivity contribution in [1.29, 1.82) is 0 Å². The fraction of sp³-hybridized carbons (Fsp3) is 0.130. The summed E-state index contributed by atoms with van der Waals surface area (Å²) in [4.78, 5) is 22.2. The van der Waals surface area contributed by atoms with Gasteiger partial charge in [0.1, 0.15) is 10.6 Å². The Bertz CT molecular complexity index is 1390. The van der Waals surface area contributed by atoms with Gasteiger partial charge in [0, 0.05) is 17.7 Å². The topological polar surface area (TPSA) is 146 Å². The van der Waals surface area contributed by atoms with Gasteiger partial charge < -0.3 is 13.7 Å². The maximum atomic E-state index is 12.8. The largest absolute Gasteiger partial charge is 0.497 e. The van der Waals surface area contributed by atoms with E-state index in [-0.39, 0.29) is 28.7 Å². The van der Waals surface area contributed by atoms with Gasteiger partial charge in [0.2, 0.25) is 0 Å². The molecule has 1 amide bonds. The lowest BCUT2D eigenvalue weighted by Crippen LogP contribution is -2.17. The quantitative estimate of drug-likeness (QED) is 0.116. The molecule has 0 bridgehead atoms. The highest BCUT2D eigenvalue weighted by molar-refractivity contribution is 14.1. The van der Waals surface area contributed by atoms with Crippen molar-refractivity contribution in [2.24, 2.45) is 5.10 Å². The molecule has 0 aliphatic carbocycles. The van der Waals surface area contributed by atoms with E-state index in [0.29, 0.717) is 20.4 Å². The normalized spacial score (nSPS) is 11.2. The zero-order valence-corrected chi connectivity index (χ0v) is 22.0. The maximum Gasteiger partial charge on any atom is 0.339 e. The minimum Gasteiger partial charge on any atom is -0.497 e. The van der Waals surface area contributed by atoms with E-state index in [1.807, 2.05) is 22.6 Å². The zero-order valence-electron chi connectivity index (χ0n) is 19.0. The third kappa shape index (κ3) is 6.69. The standard InChI is InChI=1S/C23H20IN3O8S/c1-3-34-21-13-15(14-25-26-23(28)16-4-8-18(33-2)9-5-16)12-20(24)22(21)35-36(31,32)19-10-6-17(7-11-19)27(29)30/h4-14H,3H2,1-2H3,(H,26,28)/b25-14-. The van der Waals surface area contributed by atoms with Crippen molar-refractivity contribution in [3.05, 3.63) is 85.5 Å². The van der Waals surface area contributed by atoms with E-state index >= 15 is 0 Å². The van der Waals surface area contributed by atoms with Crippen LogP contribution in [0.1, 0.15) is 22.8 Å². The van der Waals surface area contributed by atoms with E-state index in [0.717, 1.165) is 24.3 Å². The average Bonchev–Trinajstić information content (AvgIpc) is 2.86. The molecule has 188 valence electrons. The summed E-state index contributed by atoms with van der Waals surface area (Å²) in [6.45, 7) is 1.94. The molecule has 0 saturated carbocycles. The van der Waals surface area contributed by atoms with Crippen LogP contribution in [-0.2, 0) is 10.1 Å². The second kappa shape index (κ2) is 11.8. The second-order valence-electron chi connectivity index (χ2n) is 6.98. The summed E-state index contributed by atoms with van der Waals surface area (Å²) in [5.74, 6) is 0.279. The molecule has 0 aromatic heterocycles. The number of hydrogen-bond acceptors (Lipinski definition) is 9. The minimum atomic E-state index is -4.30. The van der Waals surface area contributed by atoms with Gasteiger partial charge in [0.05, 0.1) is 28.4 Å². The molecular weight excluding hydrogens is 605 g/mol. The molecule has 0 aliphatic heterocycles. The first-order valence-electron chi connectivity index (χ1n) is 10.3. The van der Waals surface area contributed by atoms with Crippen LogP contribution in [0.4, 0.5) is 5.69 Å². The van der Waals surface area contributed by atoms with Gasteiger partial charge in [0.25, 0.3) is 11.6 Å². The molecular formula is C23H20IN3O8S. The van der Waals surface area contributed by atoms with E-state index in [1.165, 1.54) is 19.4 Å². The van der Waals surface area contributed by atoms with Gasteiger partial charge in [-0.25, -0.2) is 5.43 Å². The molecule has 0 fully saturated rings. The van der Waals surface area contributed by atoms with Crippen molar-refractivity contribution in [3.63, 3.8) is 0 Å². The Hall–Kier alpha value is -3.72. The third-order valence-corrected chi connectivity index (χ3v) is 6.63. The van der Waals surface area contributed by atoms with Gasteiger partial charge in [0.15, 0.2) is 11.5 Å². The summed E-state index contributed by atoms with van der Waals surface area (Å²) in [7, 11) is -2.78. The van der Waals surface area contributed by atoms with E-state index in [4.69, 9.17) is 13.7 Å². The summed E-state index contributed by atoms with van der Waals surface area (Å²) >= 11 is 1.89. The Morgan fingerprint density at radius 2 is 1.81 bits per heavy atom. The summed E-state index contributed by atoms with van der Waals surface area (Å²) in [5, 5.41) is 14.8. The number of amides is 1. The predicted molar refractivity (Wildman–Crippen MR) is 139 cm³/mol. The van der Waals surface area contributed by atoms with Crippen LogP contribution in [0.2, 0.25) is 0 Å². The first kappa shape index (κ1) is 26.9. The number of rotatable bonds is 10. The van der Waals surface area contributed by atoms with Crippen LogP contribution in [0.25, 0.3) is 0 Å². The van der Waals surface area contributed by atoms with Crippen molar-refractivity contribution >= 4 is 50.5 Å². The van der Waals surface area contributed by atoms with Crippen molar-refractivity contribution in [1.82, 2.24) is 5.43 Å². The number of methoxy groups -OCH3 is 1. The lowest BCUT2D eigenvalue weighted by Gasteiger charge is -2.14. The molecule has 0 atom stereocenters. The van der Waals surface area contributed by atoms with E-state index in [1.54, 1.807) is 37.3 Å². The van der Waals surface area contributed by atoms with Crippen molar-refractivity contribution in [2.75, 3.05) is 13.7 Å². The molecule has 0 heterocycles. The van der Waals surface area contributed by atoms with E-state index in [9.17, 15) is 23.3 Å². The minimum absolute atomic E-state index is 0.0461.